The number of carbonyl (C=O) groups excluding carboxylic acids is 1. The summed E-state index contributed by atoms with van der Waals surface area (Å²) in [5.74, 6) is 2.22. The van der Waals surface area contributed by atoms with Crippen molar-refractivity contribution in [2.24, 2.45) is 4.99 Å². The Bertz CT molecular complexity index is 899. The molecule has 172 valence electrons. The number of rotatable bonds is 9. The lowest BCUT2D eigenvalue weighted by Gasteiger charge is -2.28. The van der Waals surface area contributed by atoms with Gasteiger partial charge in [-0.25, -0.2) is 4.99 Å². The maximum Gasteiger partial charge on any atom is 0.243 e. The van der Waals surface area contributed by atoms with Gasteiger partial charge < -0.3 is 29.7 Å². The van der Waals surface area contributed by atoms with E-state index in [0.29, 0.717) is 32.3 Å². The number of hydrogen-bond acceptors (Lipinski definition) is 5. The third-order valence-electron chi connectivity index (χ3n) is 5.11. The van der Waals surface area contributed by atoms with E-state index in [-0.39, 0.29) is 18.5 Å². The molecular weight excluding hydrogens is 408 g/mol. The maximum atomic E-state index is 12.0. The molecule has 0 aromatic heterocycles. The zero-order valence-corrected chi connectivity index (χ0v) is 19.0. The Morgan fingerprint density at radius 1 is 1.19 bits per heavy atom. The van der Waals surface area contributed by atoms with E-state index in [1.807, 2.05) is 48.5 Å². The SMILES string of the molecule is COc1ccc(COCCNC(=NCC(=O)N(C)C)NC2CCOc3ccccc32)cc1. The van der Waals surface area contributed by atoms with Gasteiger partial charge in [-0.3, -0.25) is 4.79 Å². The molecule has 2 aromatic rings. The highest BCUT2D eigenvalue weighted by atomic mass is 16.5. The molecule has 1 unspecified atom stereocenters. The number of likely N-dealkylation sites (N-methyl/N-ethyl adjacent to an activating group) is 1. The van der Waals surface area contributed by atoms with E-state index in [9.17, 15) is 4.79 Å². The Labute approximate surface area is 189 Å². The predicted molar refractivity (Wildman–Crippen MR) is 124 cm³/mol. The minimum Gasteiger partial charge on any atom is -0.497 e. The van der Waals surface area contributed by atoms with Gasteiger partial charge in [0.25, 0.3) is 0 Å². The van der Waals surface area contributed by atoms with Crippen molar-refractivity contribution < 1.29 is 19.0 Å². The zero-order chi connectivity index (χ0) is 22.8. The highest BCUT2D eigenvalue weighted by molar-refractivity contribution is 5.85. The standard InChI is InChI=1S/C24H32N4O4/c1-28(2)23(29)16-26-24(27-21-12-14-32-22-7-5-4-6-20(21)22)25-13-15-31-17-18-8-10-19(30-3)11-9-18/h4-11,21H,12-17H2,1-3H3,(H2,25,26,27). The summed E-state index contributed by atoms with van der Waals surface area (Å²) in [4.78, 5) is 18.0. The van der Waals surface area contributed by atoms with Crippen LogP contribution in [0.5, 0.6) is 11.5 Å². The minimum absolute atomic E-state index is 0.0564. The van der Waals surface area contributed by atoms with Gasteiger partial charge in [0.1, 0.15) is 18.0 Å². The first-order chi connectivity index (χ1) is 15.6. The van der Waals surface area contributed by atoms with E-state index in [4.69, 9.17) is 14.2 Å². The van der Waals surface area contributed by atoms with Crippen LogP contribution in [-0.2, 0) is 16.1 Å². The molecule has 0 saturated carbocycles. The fourth-order valence-corrected chi connectivity index (χ4v) is 3.25. The van der Waals surface area contributed by atoms with Crippen LogP contribution in [0.1, 0.15) is 23.6 Å². The third kappa shape index (κ3) is 6.88. The van der Waals surface area contributed by atoms with Gasteiger partial charge in [-0.15, -0.1) is 0 Å². The summed E-state index contributed by atoms with van der Waals surface area (Å²) in [6.07, 6.45) is 0.813. The third-order valence-corrected chi connectivity index (χ3v) is 5.11. The van der Waals surface area contributed by atoms with Gasteiger partial charge in [0, 0.05) is 32.6 Å². The van der Waals surface area contributed by atoms with Crippen molar-refractivity contribution in [2.45, 2.75) is 19.1 Å². The normalized spacial score (nSPS) is 15.3. The summed E-state index contributed by atoms with van der Waals surface area (Å²) in [6, 6.07) is 15.8. The van der Waals surface area contributed by atoms with Crippen LogP contribution in [0, 0.1) is 0 Å². The summed E-state index contributed by atoms with van der Waals surface area (Å²) in [5, 5.41) is 6.73. The van der Waals surface area contributed by atoms with Gasteiger partial charge in [-0.1, -0.05) is 30.3 Å². The van der Waals surface area contributed by atoms with Gasteiger partial charge in [0.05, 0.1) is 33.0 Å². The lowest BCUT2D eigenvalue weighted by atomic mass is 10.0. The van der Waals surface area contributed by atoms with Crippen LogP contribution in [0.2, 0.25) is 0 Å². The summed E-state index contributed by atoms with van der Waals surface area (Å²) < 4.78 is 16.7. The zero-order valence-electron chi connectivity index (χ0n) is 19.0. The Kier molecular flexibility index (Phi) is 8.74. The second-order valence-electron chi connectivity index (χ2n) is 7.65. The van der Waals surface area contributed by atoms with Crippen molar-refractivity contribution in [3.05, 3.63) is 59.7 Å². The topological polar surface area (TPSA) is 84.4 Å². The van der Waals surface area contributed by atoms with Gasteiger partial charge in [0.2, 0.25) is 5.91 Å². The molecule has 2 N–H and O–H groups in total. The van der Waals surface area contributed by atoms with Gasteiger partial charge in [0.15, 0.2) is 5.96 Å². The van der Waals surface area contributed by atoms with Crippen LogP contribution in [0.25, 0.3) is 0 Å². The number of methoxy groups -OCH3 is 1. The minimum atomic E-state index is -0.0609. The number of nitrogens with one attached hydrogen (secondary N) is 2. The predicted octanol–water partition coefficient (Wildman–Crippen LogP) is 2.36. The van der Waals surface area contributed by atoms with Gasteiger partial charge in [-0.05, 0) is 23.8 Å². The number of benzene rings is 2. The number of ether oxygens (including phenoxy) is 3. The Morgan fingerprint density at radius 3 is 2.72 bits per heavy atom. The van der Waals surface area contributed by atoms with Crippen LogP contribution in [0.4, 0.5) is 0 Å². The molecule has 1 atom stereocenters. The average molecular weight is 441 g/mol. The number of para-hydroxylation sites is 1. The van der Waals surface area contributed by atoms with Crippen molar-refractivity contribution in [3.8, 4) is 11.5 Å². The molecule has 32 heavy (non-hydrogen) atoms. The highest BCUT2D eigenvalue weighted by Crippen LogP contribution is 2.31. The molecule has 1 aliphatic heterocycles. The number of hydrogen-bond donors (Lipinski definition) is 2. The van der Waals surface area contributed by atoms with E-state index in [2.05, 4.69) is 15.6 Å². The van der Waals surface area contributed by atoms with Crippen LogP contribution < -0.4 is 20.1 Å². The molecule has 8 heteroatoms. The summed E-state index contributed by atoms with van der Waals surface area (Å²) in [6.45, 7) is 2.27. The second kappa shape index (κ2) is 12.0. The fraction of sp³-hybridized carbons (Fsp3) is 0.417. The van der Waals surface area contributed by atoms with Crippen LogP contribution >= 0.6 is 0 Å². The first-order valence-corrected chi connectivity index (χ1v) is 10.7. The maximum absolute atomic E-state index is 12.0. The van der Waals surface area contributed by atoms with Crippen molar-refractivity contribution in [2.75, 3.05) is 47.5 Å². The van der Waals surface area contributed by atoms with Crippen molar-refractivity contribution in [1.82, 2.24) is 15.5 Å². The number of fused-ring (bicyclic) bond motifs is 1. The number of carbonyl (C=O) groups is 1. The van der Waals surface area contributed by atoms with Gasteiger partial charge in [-0.2, -0.15) is 0 Å². The van der Waals surface area contributed by atoms with Crippen molar-refractivity contribution in [1.29, 1.82) is 0 Å². The monoisotopic (exact) mass is 440 g/mol. The molecule has 0 saturated heterocycles. The van der Waals surface area contributed by atoms with Crippen LogP contribution in [0.15, 0.2) is 53.5 Å². The van der Waals surface area contributed by atoms with E-state index in [1.54, 1.807) is 21.2 Å². The molecule has 8 nitrogen and oxygen atoms in total. The molecule has 0 aliphatic carbocycles. The Balaban J connectivity index is 1.54. The lowest BCUT2D eigenvalue weighted by molar-refractivity contribution is -0.127. The summed E-state index contributed by atoms with van der Waals surface area (Å²) in [5.41, 5.74) is 2.16. The molecule has 0 spiro atoms. The number of guanidine groups is 1. The molecule has 1 heterocycles. The molecule has 0 bridgehead atoms. The largest absolute Gasteiger partial charge is 0.497 e. The van der Waals surface area contributed by atoms with Crippen molar-refractivity contribution >= 4 is 11.9 Å². The van der Waals surface area contributed by atoms with E-state index in [1.165, 1.54) is 4.90 Å². The van der Waals surface area contributed by atoms with Gasteiger partial charge >= 0.3 is 0 Å². The number of nitrogens with zero attached hydrogens (tertiary/aromatic N) is 2. The summed E-state index contributed by atoms with van der Waals surface area (Å²) in [7, 11) is 5.09. The van der Waals surface area contributed by atoms with Crippen LogP contribution in [-0.4, -0.2) is 64.3 Å². The Hall–Kier alpha value is -3.26. The molecule has 2 aromatic carbocycles. The smallest absolute Gasteiger partial charge is 0.243 e. The first-order valence-electron chi connectivity index (χ1n) is 10.7. The first kappa shape index (κ1) is 23.4. The Morgan fingerprint density at radius 2 is 1.97 bits per heavy atom. The van der Waals surface area contributed by atoms with Crippen molar-refractivity contribution in [3.63, 3.8) is 0 Å². The molecule has 0 radical (unpaired) electrons. The summed E-state index contributed by atoms with van der Waals surface area (Å²) >= 11 is 0. The number of amides is 1. The molecule has 0 fully saturated rings. The lowest BCUT2D eigenvalue weighted by Crippen LogP contribution is -2.43. The molecule has 1 aliphatic rings. The quantitative estimate of drug-likeness (QED) is 0.354. The van der Waals surface area contributed by atoms with E-state index in [0.717, 1.165) is 29.0 Å². The molecular formula is C24H32N4O4. The van der Waals surface area contributed by atoms with Crippen LogP contribution in [0.3, 0.4) is 0 Å². The van der Waals surface area contributed by atoms with E-state index >= 15 is 0 Å². The second-order valence-corrected chi connectivity index (χ2v) is 7.65. The fourth-order valence-electron chi connectivity index (χ4n) is 3.25. The molecule has 1 amide bonds. The number of aliphatic imine (C=N–C) groups is 1. The average Bonchev–Trinajstić information content (AvgIpc) is 2.82. The highest BCUT2D eigenvalue weighted by Gasteiger charge is 2.22. The van der Waals surface area contributed by atoms with E-state index < -0.39 is 0 Å². The molecule has 3 rings (SSSR count).